The van der Waals surface area contributed by atoms with Gasteiger partial charge in [-0.3, -0.25) is 4.79 Å². The number of anilines is 1. The molecule has 0 aliphatic carbocycles. The van der Waals surface area contributed by atoms with Crippen molar-refractivity contribution in [3.63, 3.8) is 0 Å². The first-order valence-corrected chi connectivity index (χ1v) is 8.77. The van der Waals surface area contributed by atoms with E-state index in [0.717, 1.165) is 12.1 Å². The largest absolute Gasteiger partial charge is 0.497 e. The summed E-state index contributed by atoms with van der Waals surface area (Å²) in [5.74, 6) is 0.799. The fourth-order valence-corrected chi connectivity index (χ4v) is 2.72. The lowest BCUT2D eigenvalue weighted by atomic mass is 10.1. The van der Waals surface area contributed by atoms with Gasteiger partial charge in [-0.25, -0.2) is 9.97 Å². The Kier molecular flexibility index (Phi) is 5.91. The highest BCUT2D eigenvalue weighted by atomic mass is 19.4. The van der Waals surface area contributed by atoms with E-state index >= 15 is 0 Å². The average Bonchev–Trinajstić information content (AvgIpc) is 2.72. The van der Waals surface area contributed by atoms with E-state index in [1.807, 2.05) is 0 Å². The lowest BCUT2D eigenvalue weighted by Crippen LogP contribution is -2.15. The quantitative estimate of drug-likeness (QED) is 0.649. The molecule has 156 valence electrons. The Labute approximate surface area is 170 Å². The first kappa shape index (κ1) is 21.1. The van der Waals surface area contributed by atoms with Crippen molar-refractivity contribution in [2.24, 2.45) is 0 Å². The van der Waals surface area contributed by atoms with E-state index in [2.05, 4.69) is 15.3 Å². The van der Waals surface area contributed by atoms with Crippen molar-refractivity contribution < 1.29 is 27.4 Å². The van der Waals surface area contributed by atoms with Crippen molar-refractivity contribution in [1.82, 2.24) is 9.97 Å². The van der Waals surface area contributed by atoms with Crippen molar-refractivity contribution in [3.8, 4) is 22.9 Å². The predicted octanol–water partition coefficient (Wildman–Crippen LogP) is 4.74. The third kappa shape index (κ3) is 4.68. The molecule has 0 unspecified atom stereocenters. The molecule has 9 heteroatoms. The summed E-state index contributed by atoms with van der Waals surface area (Å²) in [6.45, 7) is 1.62. The number of benzene rings is 2. The number of amides is 1. The van der Waals surface area contributed by atoms with Gasteiger partial charge in [0.2, 0.25) is 0 Å². The molecule has 0 fully saturated rings. The zero-order chi connectivity index (χ0) is 21.9. The van der Waals surface area contributed by atoms with Crippen LogP contribution < -0.4 is 14.8 Å². The van der Waals surface area contributed by atoms with Crippen molar-refractivity contribution in [2.45, 2.75) is 13.1 Å². The molecule has 0 bridgehead atoms. The Morgan fingerprint density at radius 3 is 2.10 bits per heavy atom. The third-order valence-electron chi connectivity index (χ3n) is 4.30. The molecule has 0 aliphatic heterocycles. The van der Waals surface area contributed by atoms with E-state index in [1.165, 1.54) is 32.5 Å². The Balaban J connectivity index is 1.82. The number of aryl methyl sites for hydroxylation is 1. The van der Waals surface area contributed by atoms with Crippen LogP contribution in [0.1, 0.15) is 21.6 Å². The standard InChI is InChI=1S/C21H18F3N3O3/c1-12-18(20(28)27-15-8-16(29-2)10-17(9-15)30-3)11-25-19(26-12)13-4-6-14(7-5-13)21(22,23)24/h4-11H,1-3H3,(H,27,28). The number of carbonyl (C=O) groups excluding carboxylic acids is 1. The Bertz CT molecular complexity index is 1050. The van der Waals surface area contributed by atoms with E-state index in [-0.39, 0.29) is 11.4 Å². The fraction of sp³-hybridized carbons (Fsp3) is 0.190. The van der Waals surface area contributed by atoms with Gasteiger partial charge in [0.1, 0.15) is 11.5 Å². The molecular formula is C21H18F3N3O3. The second-order valence-corrected chi connectivity index (χ2v) is 6.32. The first-order valence-electron chi connectivity index (χ1n) is 8.77. The molecule has 1 amide bonds. The number of rotatable bonds is 5. The summed E-state index contributed by atoms with van der Waals surface area (Å²) in [4.78, 5) is 21.0. The highest BCUT2D eigenvalue weighted by Gasteiger charge is 2.30. The van der Waals surface area contributed by atoms with Crippen LogP contribution in [0.15, 0.2) is 48.7 Å². The number of aromatic nitrogens is 2. The van der Waals surface area contributed by atoms with Gasteiger partial charge >= 0.3 is 6.18 Å². The second-order valence-electron chi connectivity index (χ2n) is 6.32. The topological polar surface area (TPSA) is 73.3 Å². The summed E-state index contributed by atoms with van der Waals surface area (Å²) in [6, 6.07) is 9.44. The minimum absolute atomic E-state index is 0.223. The van der Waals surface area contributed by atoms with Crippen molar-refractivity contribution in [1.29, 1.82) is 0 Å². The monoisotopic (exact) mass is 417 g/mol. The number of alkyl halides is 3. The van der Waals surface area contributed by atoms with Crippen molar-refractivity contribution in [2.75, 3.05) is 19.5 Å². The van der Waals surface area contributed by atoms with Crippen LogP contribution in [-0.2, 0) is 6.18 Å². The maximum absolute atomic E-state index is 12.7. The molecule has 0 spiro atoms. The van der Waals surface area contributed by atoms with Gasteiger partial charge in [-0.15, -0.1) is 0 Å². The Hall–Kier alpha value is -3.62. The molecule has 1 heterocycles. The molecule has 30 heavy (non-hydrogen) atoms. The number of halogens is 3. The van der Waals surface area contributed by atoms with Gasteiger partial charge in [0.15, 0.2) is 5.82 Å². The molecule has 0 atom stereocenters. The molecule has 0 saturated heterocycles. The van der Waals surface area contributed by atoms with Crippen LogP contribution in [0.5, 0.6) is 11.5 Å². The number of hydrogen-bond acceptors (Lipinski definition) is 5. The van der Waals surface area contributed by atoms with Gasteiger partial charge in [0.25, 0.3) is 5.91 Å². The molecule has 3 aromatic rings. The number of methoxy groups -OCH3 is 2. The fourth-order valence-electron chi connectivity index (χ4n) is 2.72. The summed E-state index contributed by atoms with van der Waals surface area (Å²) in [6.07, 6.45) is -3.08. The number of hydrogen-bond donors (Lipinski definition) is 1. The Morgan fingerprint density at radius 1 is 1.00 bits per heavy atom. The number of nitrogens with zero attached hydrogens (tertiary/aromatic N) is 2. The van der Waals surface area contributed by atoms with Crippen molar-refractivity contribution >= 4 is 11.6 Å². The van der Waals surface area contributed by atoms with Crippen LogP contribution in [-0.4, -0.2) is 30.1 Å². The third-order valence-corrected chi connectivity index (χ3v) is 4.30. The molecule has 2 aromatic carbocycles. The van der Waals surface area contributed by atoms with Crippen LogP contribution in [0.2, 0.25) is 0 Å². The zero-order valence-corrected chi connectivity index (χ0v) is 16.4. The van der Waals surface area contributed by atoms with Gasteiger partial charge < -0.3 is 14.8 Å². The van der Waals surface area contributed by atoms with Gasteiger partial charge in [-0.1, -0.05) is 12.1 Å². The van der Waals surface area contributed by atoms with E-state index in [0.29, 0.717) is 28.4 Å². The van der Waals surface area contributed by atoms with Crippen molar-refractivity contribution in [3.05, 3.63) is 65.5 Å². The van der Waals surface area contributed by atoms with Crippen LogP contribution >= 0.6 is 0 Å². The minimum Gasteiger partial charge on any atom is -0.497 e. The van der Waals surface area contributed by atoms with Crippen LogP contribution in [0.25, 0.3) is 11.4 Å². The van der Waals surface area contributed by atoms with E-state index in [4.69, 9.17) is 9.47 Å². The number of nitrogens with one attached hydrogen (secondary N) is 1. The zero-order valence-electron chi connectivity index (χ0n) is 16.4. The summed E-state index contributed by atoms with van der Waals surface area (Å²) in [7, 11) is 3.00. The molecule has 1 N–H and O–H groups in total. The molecule has 3 rings (SSSR count). The number of ether oxygens (including phenoxy) is 2. The van der Waals surface area contributed by atoms with Gasteiger partial charge in [-0.2, -0.15) is 13.2 Å². The van der Waals surface area contributed by atoms with E-state index in [1.54, 1.807) is 25.1 Å². The van der Waals surface area contributed by atoms with Gasteiger partial charge in [-0.05, 0) is 19.1 Å². The second kappa shape index (κ2) is 8.40. The highest BCUT2D eigenvalue weighted by Crippen LogP contribution is 2.30. The summed E-state index contributed by atoms with van der Waals surface area (Å²) in [5, 5.41) is 2.73. The molecule has 0 aliphatic rings. The van der Waals surface area contributed by atoms with Crippen LogP contribution in [0.4, 0.5) is 18.9 Å². The Morgan fingerprint density at radius 2 is 1.60 bits per heavy atom. The van der Waals surface area contributed by atoms with Crippen LogP contribution in [0, 0.1) is 6.92 Å². The highest BCUT2D eigenvalue weighted by molar-refractivity contribution is 6.05. The molecular weight excluding hydrogens is 399 g/mol. The average molecular weight is 417 g/mol. The predicted molar refractivity (Wildman–Crippen MR) is 105 cm³/mol. The number of carbonyl (C=O) groups is 1. The molecule has 6 nitrogen and oxygen atoms in total. The van der Waals surface area contributed by atoms with E-state index in [9.17, 15) is 18.0 Å². The SMILES string of the molecule is COc1cc(NC(=O)c2cnc(-c3ccc(C(F)(F)F)cc3)nc2C)cc(OC)c1. The first-order chi connectivity index (χ1) is 14.2. The lowest BCUT2D eigenvalue weighted by Gasteiger charge is -2.11. The van der Waals surface area contributed by atoms with E-state index < -0.39 is 17.6 Å². The summed E-state index contributed by atoms with van der Waals surface area (Å²) >= 11 is 0. The normalized spacial score (nSPS) is 11.1. The lowest BCUT2D eigenvalue weighted by molar-refractivity contribution is -0.137. The maximum atomic E-state index is 12.7. The molecule has 0 radical (unpaired) electrons. The smallest absolute Gasteiger partial charge is 0.416 e. The summed E-state index contributed by atoms with van der Waals surface area (Å²) < 4.78 is 48.5. The summed E-state index contributed by atoms with van der Waals surface area (Å²) in [5.41, 5.74) is 0.727. The minimum atomic E-state index is -4.42. The molecule has 1 aromatic heterocycles. The molecule has 0 saturated carbocycles. The van der Waals surface area contributed by atoms with Gasteiger partial charge in [0, 0.05) is 35.6 Å². The van der Waals surface area contributed by atoms with Gasteiger partial charge in [0.05, 0.1) is 31.0 Å². The van der Waals surface area contributed by atoms with Crippen LogP contribution in [0.3, 0.4) is 0 Å². The maximum Gasteiger partial charge on any atom is 0.416 e.